The van der Waals surface area contributed by atoms with Gasteiger partial charge in [-0.3, -0.25) is 0 Å². The van der Waals surface area contributed by atoms with Crippen molar-refractivity contribution in [1.29, 1.82) is 0 Å². The Morgan fingerprint density at radius 2 is 1.79 bits per heavy atom. The molecular weight excluding hydrogens is 335 g/mol. The van der Waals surface area contributed by atoms with E-state index in [2.05, 4.69) is 21.8 Å². The summed E-state index contributed by atoms with van der Waals surface area (Å²) < 4.78 is 38.4. The van der Waals surface area contributed by atoms with Crippen molar-refractivity contribution in [3.63, 3.8) is 0 Å². The molecule has 2 aromatic rings. The fraction of sp³-hybridized carbons (Fsp3) is 0.294. The quantitative estimate of drug-likeness (QED) is 0.772. The van der Waals surface area contributed by atoms with E-state index in [1.54, 1.807) is 25.6 Å². The van der Waals surface area contributed by atoms with Crippen molar-refractivity contribution in [3.05, 3.63) is 41.1 Å². The monoisotopic (exact) mass is 353 g/mol. The zero-order valence-electron chi connectivity index (χ0n) is 13.8. The predicted octanol–water partition coefficient (Wildman–Crippen LogP) is 4.40. The van der Waals surface area contributed by atoms with Crippen LogP contribution in [0.1, 0.15) is 23.7 Å². The van der Waals surface area contributed by atoms with Crippen LogP contribution < -0.4 is 5.73 Å². The highest BCUT2D eigenvalue weighted by Gasteiger charge is 2.30. The molecule has 0 radical (unpaired) electrons. The third-order valence-corrected chi connectivity index (χ3v) is 2.82. The van der Waals surface area contributed by atoms with Crippen molar-refractivity contribution >= 4 is 17.7 Å². The van der Waals surface area contributed by atoms with Crippen LogP contribution in [0.25, 0.3) is 11.3 Å². The van der Waals surface area contributed by atoms with Gasteiger partial charge in [-0.25, -0.2) is 9.97 Å². The van der Waals surface area contributed by atoms with Crippen LogP contribution >= 0.6 is 11.8 Å². The molecular formula is C17H18F3N3S. The van der Waals surface area contributed by atoms with Gasteiger partial charge in [-0.15, -0.1) is 5.92 Å². The van der Waals surface area contributed by atoms with E-state index in [4.69, 9.17) is 5.73 Å². The molecule has 0 aliphatic carbocycles. The molecule has 0 fully saturated rings. The van der Waals surface area contributed by atoms with Crippen LogP contribution in [0, 0.1) is 18.8 Å². The van der Waals surface area contributed by atoms with E-state index in [0.717, 1.165) is 12.1 Å². The Morgan fingerprint density at radius 1 is 1.17 bits per heavy atom. The summed E-state index contributed by atoms with van der Waals surface area (Å²) in [4.78, 5) is 8.03. The van der Waals surface area contributed by atoms with E-state index in [0.29, 0.717) is 22.5 Å². The summed E-state index contributed by atoms with van der Waals surface area (Å²) in [6, 6.07) is 4.90. The number of anilines is 1. The lowest BCUT2D eigenvalue weighted by Gasteiger charge is -2.11. The standard InChI is InChI=1S/C15H12F3N3.C2H6S/c1-3-5-12-9(2)20-14(19)21-13(12)10-6-4-7-11(8-10)15(16,17)18;1-3-2/h4,6-8H,1-2H3,(H2,19,20,21);1-2H3. The fourth-order valence-corrected chi connectivity index (χ4v) is 1.92. The summed E-state index contributed by atoms with van der Waals surface area (Å²) in [7, 11) is 0. The van der Waals surface area contributed by atoms with Crippen LogP contribution in [-0.2, 0) is 6.18 Å². The predicted molar refractivity (Wildman–Crippen MR) is 93.6 cm³/mol. The van der Waals surface area contributed by atoms with Crippen LogP contribution in [-0.4, -0.2) is 22.5 Å². The maximum absolute atomic E-state index is 12.8. The van der Waals surface area contributed by atoms with Crippen molar-refractivity contribution in [2.45, 2.75) is 20.0 Å². The van der Waals surface area contributed by atoms with Gasteiger partial charge in [-0.2, -0.15) is 24.9 Å². The molecule has 0 bridgehead atoms. The molecule has 128 valence electrons. The number of nitrogens with zero attached hydrogens (tertiary/aromatic N) is 2. The van der Waals surface area contributed by atoms with Crippen molar-refractivity contribution in [1.82, 2.24) is 9.97 Å². The Bertz CT molecular complexity index is 762. The zero-order valence-corrected chi connectivity index (χ0v) is 14.6. The molecule has 24 heavy (non-hydrogen) atoms. The highest BCUT2D eigenvalue weighted by molar-refractivity contribution is 7.97. The van der Waals surface area contributed by atoms with Crippen LogP contribution in [0.15, 0.2) is 24.3 Å². The first-order chi connectivity index (χ1) is 11.2. The van der Waals surface area contributed by atoms with Crippen LogP contribution in [0.2, 0.25) is 0 Å². The van der Waals surface area contributed by atoms with Gasteiger partial charge >= 0.3 is 6.18 Å². The van der Waals surface area contributed by atoms with Crippen molar-refractivity contribution in [2.24, 2.45) is 0 Å². The zero-order chi connectivity index (χ0) is 18.3. The number of alkyl halides is 3. The molecule has 0 aliphatic heterocycles. The van der Waals surface area contributed by atoms with Crippen molar-refractivity contribution in [3.8, 4) is 23.1 Å². The largest absolute Gasteiger partial charge is 0.416 e. The number of aryl methyl sites for hydroxylation is 1. The van der Waals surface area contributed by atoms with Crippen LogP contribution in [0.5, 0.6) is 0 Å². The number of thioether (sulfide) groups is 1. The topological polar surface area (TPSA) is 51.8 Å². The molecule has 1 aromatic carbocycles. The Labute approximate surface area is 143 Å². The number of nitrogens with two attached hydrogens (primary N) is 1. The maximum atomic E-state index is 12.8. The number of hydrogen-bond donors (Lipinski definition) is 1. The van der Waals surface area contributed by atoms with E-state index >= 15 is 0 Å². The molecule has 0 saturated carbocycles. The van der Waals surface area contributed by atoms with Gasteiger partial charge in [0.15, 0.2) is 0 Å². The molecule has 0 saturated heterocycles. The molecule has 1 heterocycles. The number of halogens is 3. The van der Waals surface area contributed by atoms with Gasteiger partial charge in [-0.1, -0.05) is 18.1 Å². The first kappa shape index (κ1) is 19.8. The Morgan fingerprint density at radius 3 is 2.33 bits per heavy atom. The molecule has 2 N–H and O–H groups in total. The van der Waals surface area contributed by atoms with Crippen molar-refractivity contribution in [2.75, 3.05) is 18.2 Å². The first-order valence-electron chi connectivity index (χ1n) is 6.89. The summed E-state index contributed by atoms with van der Waals surface area (Å²) in [6.07, 6.45) is -0.333. The van der Waals surface area contributed by atoms with Gasteiger partial charge in [0.1, 0.15) is 0 Å². The van der Waals surface area contributed by atoms with Crippen LogP contribution in [0.3, 0.4) is 0 Å². The van der Waals surface area contributed by atoms with Gasteiger partial charge in [0, 0.05) is 5.56 Å². The number of nitrogen functional groups attached to an aromatic ring is 1. The molecule has 0 atom stereocenters. The minimum atomic E-state index is -4.42. The average Bonchev–Trinajstić information content (AvgIpc) is 2.50. The third-order valence-electron chi connectivity index (χ3n) is 2.82. The lowest BCUT2D eigenvalue weighted by atomic mass is 10.0. The molecule has 0 spiro atoms. The number of benzene rings is 1. The summed E-state index contributed by atoms with van der Waals surface area (Å²) in [5.41, 5.74) is 6.47. The lowest BCUT2D eigenvalue weighted by Crippen LogP contribution is -2.06. The highest BCUT2D eigenvalue weighted by atomic mass is 32.2. The molecule has 3 nitrogen and oxygen atoms in total. The second-order valence-corrected chi connectivity index (χ2v) is 5.57. The second-order valence-electron chi connectivity index (χ2n) is 4.75. The van der Waals surface area contributed by atoms with Gasteiger partial charge in [-0.05, 0) is 38.5 Å². The summed E-state index contributed by atoms with van der Waals surface area (Å²) in [5, 5.41) is 0. The SMILES string of the molecule is CC#Cc1c(C)nc(N)nc1-c1cccc(C(F)(F)F)c1.CSC. The number of rotatable bonds is 1. The minimum Gasteiger partial charge on any atom is -0.368 e. The van der Waals surface area contributed by atoms with Gasteiger partial charge < -0.3 is 5.73 Å². The maximum Gasteiger partial charge on any atom is 0.416 e. The molecule has 2 rings (SSSR count). The van der Waals surface area contributed by atoms with E-state index in [1.807, 2.05) is 12.5 Å². The van der Waals surface area contributed by atoms with Gasteiger partial charge in [0.05, 0.1) is 22.5 Å². The van der Waals surface area contributed by atoms with Crippen molar-refractivity contribution < 1.29 is 13.2 Å². The van der Waals surface area contributed by atoms with Gasteiger partial charge in [0.25, 0.3) is 0 Å². The Balaban J connectivity index is 0.000000891. The van der Waals surface area contributed by atoms with E-state index in [9.17, 15) is 13.2 Å². The lowest BCUT2D eigenvalue weighted by molar-refractivity contribution is -0.137. The second kappa shape index (κ2) is 8.60. The van der Waals surface area contributed by atoms with E-state index < -0.39 is 11.7 Å². The minimum absolute atomic E-state index is 0.00145. The summed E-state index contributed by atoms with van der Waals surface area (Å²) in [6.45, 7) is 3.32. The normalized spacial score (nSPS) is 10.3. The number of hydrogen-bond acceptors (Lipinski definition) is 4. The van der Waals surface area contributed by atoms with Crippen LogP contribution in [0.4, 0.5) is 19.1 Å². The average molecular weight is 353 g/mol. The molecule has 0 aliphatic rings. The molecule has 7 heteroatoms. The Hall–Kier alpha value is -2.20. The molecule has 1 aromatic heterocycles. The summed E-state index contributed by atoms with van der Waals surface area (Å²) >= 11 is 1.75. The first-order valence-corrected chi connectivity index (χ1v) is 8.52. The Kier molecular flexibility index (Phi) is 7.11. The molecule has 0 unspecified atom stereocenters. The molecule has 0 amide bonds. The van der Waals surface area contributed by atoms with E-state index in [-0.39, 0.29) is 5.95 Å². The van der Waals surface area contributed by atoms with Gasteiger partial charge in [0.2, 0.25) is 5.95 Å². The summed E-state index contributed by atoms with van der Waals surface area (Å²) in [5.74, 6) is 5.52. The highest BCUT2D eigenvalue weighted by Crippen LogP contribution is 2.32. The third kappa shape index (κ3) is 5.17. The fourth-order valence-electron chi connectivity index (χ4n) is 1.92. The van der Waals surface area contributed by atoms with E-state index in [1.165, 1.54) is 12.1 Å². The smallest absolute Gasteiger partial charge is 0.368 e. The number of aromatic nitrogens is 2.